The fourth-order valence-corrected chi connectivity index (χ4v) is 2.62. The molecule has 0 radical (unpaired) electrons. The van der Waals surface area contributed by atoms with E-state index in [1.54, 1.807) is 11.0 Å². The second kappa shape index (κ2) is 4.95. The maximum atomic E-state index is 12.4. The van der Waals surface area contributed by atoms with Crippen LogP contribution in [-0.2, 0) is 4.79 Å². The number of rotatable bonds is 1. The molecule has 1 atom stereocenters. The van der Waals surface area contributed by atoms with Gasteiger partial charge >= 0.3 is 0 Å². The fourth-order valence-electron chi connectivity index (χ4n) is 2.62. The third-order valence-corrected chi connectivity index (χ3v) is 3.60. The van der Waals surface area contributed by atoms with E-state index in [-0.39, 0.29) is 25.1 Å². The molecule has 5 nitrogen and oxygen atoms in total. The molecule has 2 aromatic rings. The van der Waals surface area contributed by atoms with Crippen molar-refractivity contribution in [2.24, 2.45) is 5.73 Å². The summed E-state index contributed by atoms with van der Waals surface area (Å²) < 4.78 is 10.7. The number of halogens is 1. The highest BCUT2D eigenvalue weighted by Crippen LogP contribution is 2.46. The molecule has 0 aromatic heterocycles. The normalized spacial score (nSPS) is 18.4. The summed E-state index contributed by atoms with van der Waals surface area (Å²) in [4.78, 5) is 14.0. The van der Waals surface area contributed by atoms with Gasteiger partial charge in [0.15, 0.2) is 11.5 Å². The summed E-state index contributed by atoms with van der Waals surface area (Å²) in [6.07, 6.45) is 0. The number of para-hydroxylation sites is 1. The van der Waals surface area contributed by atoms with Crippen LogP contribution in [0.25, 0.3) is 0 Å². The van der Waals surface area contributed by atoms with Gasteiger partial charge in [0, 0.05) is 17.3 Å². The van der Waals surface area contributed by atoms with E-state index < -0.39 is 6.04 Å². The first-order chi connectivity index (χ1) is 9.75. The van der Waals surface area contributed by atoms with Crippen LogP contribution in [0.2, 0.25) is 0 Å². The molecule has 2 aromatic carbocycles. The summed E-state index contributed by atoms with van der Waals surface area (Å²) in [6, 6.07) is 12.4. The number of ether oxygens (including phenoxy) is 2. The highest BCUT2D eigenvalue weighted by Gasteiger charge is 2.37. The largest absolute Gasteiger partial charge is 0.454 e. The van der Waals surface area contributed by atoms with Gasteiger partial charge in [-0.15, -0.1) is 12.4 Å². The van der Waals surface area contributed by atoms with E-state index in [0.717, 1.165) is 16.9 Å². The van der Waals surface area contributed by atoms with Gasteiger partial charge in [-0.05, 0) is 18.2 Å². The van der Waals surface area contributed by atoms with Gasteiger partial charge in [-0.1, -0.05) is 18.2 Å². The third-order valence-electron chi connectivity index (χ3n) is 3.60. The lowest BCUT2D eigenvalue weighted by Gasteiger charge is -2.17. The Morgan fingerprint density at radius 3 is 2.48 bits per heavy atom. The van der Waals surface area contributed by atoms with Crippen LogP contribution in [0.1, 0.15) is 11.6 Å². The predicted molar refractivity (Wildman–Crippen MR) is 80.3 cm³/mol. The number of carbonyl (C=O) groups is 1. The van der Waals surface area contributed by atoms with E-state index in [9.17, 15) is 4.79 Å². The predicted octanol–water partition coefficient (Wildman–Crippen LogP) is 2.52. The molecule has 6 heteroatoms. The van der Waals surface area contributed by atoms with Crippen molar-refractivity contribution in [3.8, 4) is 11.5 Å². The van der Waals surface area contributed by atoms with Crippen LogP contribution in [0.15, 0.2) is 42.5 Å². The molecule has 2 heterocycles. The summed E-state index contributed by atoms with van der Waals surface area (Å²) in [5.74, 6) is 1.14. The molecule has 0 fully saturated rings. The Morgan fingerprint density at radius 2 is 1.76 bits per heavy atom. The Kier molecular flexibility index (Phi) is 3.23. The quantitative estimate of drug-likeness (QED) is 0.879. The standard InChI is InChI=1S/C15H12N2O3.ClH/c16-14-10-6-12-13(20-8-19-12)7-11(10)17(15(14)18)9-4-2-1-3-5-9;/h1-7,14H,8,16H2;1H. The first-order valence-electron chi connectivity index (χ1n) is 6.34. The summed E-state index contributed by atoms with van der Waals surface area (Å²) in [7, 11) is 0. The Morgan fingerprint density at radius 1 is 1.10 bits per heavy atom. The second-order valence-electron chi connectivity index (χ2n) is 4.75. The van der Waals surface area contributed by atoms with Crippen LogP contribution in [0, 0.1) is 0 Å². The van der Waals surface area contributed by atoms with Gasteiger partial charge in [0.2, 0.25) is 6.79 Å². The molecule has 108 valence electrons. The Hall–Kier alpha value is -2.24. The molecule has 2 aliphatic heterocycles. The van der Waals surface area contributed by atoms with Crippen molar-refractivity contribution in [1.29, 1.82) is 0 Å². The van der Waals surface area contributed by atoms with Crippen molar-refractivity contribution in [1.82, 2.24) is 0 Å². The van der Waals surface area contributed by atoms with Gasteiger partial charge in [0.25, 0.3) is 5.91 Å². The van der Waals surface area contributed by atoms with Crippen molar-refractivity contribution in [3.63, 3.8) is 0 Å². The second-order valence-corrected chi connectivity index (χ2v) is 4.75. The SMILES string of the molecule is Cl.NC1C(=O)N(c2ccccc2)c2cc3c(cc21)OCO3. The number of hydrogen-bond acceptors (Lipinski definition) is 4. The highest BCUT2D eigenvalue weighted by molar-refractivity contribution is 6.10. The molecule has 1 unspecified atom stereocenters. The zero-order valence-electron chi connectivity index (χ0n) is 11.0. The van der Waals surface area contributed by atoms with Crippen molar-refractivity contribution in [2.45, 2.75) is 6.04 Å². The minimum absolute atomic E-state index is 0. The van der Waals surface area contributed by atoms with E-state index in [4.69, 9.17) is 15.2 Å². The number of amides is 1. The monoisotopic (exact) mass is 304 g/mol. The van der Waals surface area contributed by atoms with Gasteiger partial charge in [0.1, 0.15) is 6.04 Å². The molecule has 0 bridgehead atoms. The van der Waals surface area contributed by atoms with Gasteiger partial charge in [-0.25, -0.2) is 0 Å². The fraction of sp³-hybridized carbons (Fsp3) is 0.133. The maximum Gasteiger partial charge on any atom is 0.253 e. The van der Waals surface area contributed by atoms with Crippen molar-refractivity contribution in [2.75, 3.05) is 11.7 Å². The first-order valence-corrected chi connectivity index (χ1v) is 6.34. The average Bonchev–Trinajstić information content (AvgIpc) is 3.02. The molecule has 1 amide bonds. The van der Waals surface area contributed by atoms with Crippen LogP contribution >= 0.6 is 12.4 Å². The van der Waals surface area contributed by atoms with E-state index >= 15 is 0 Å². The van der Waals surface area contributed by atoms with Gasteiger partial charge in [-0.3, -0.25) is 9.69 Å². The number of nitrogens with two attached hydrogens (primary N) is 1. The lowest BCUT2D eigenvalue weighted by molar-refractivity contribution is -0.118. The molecule has 0 saturated heterocycles. The van der Waals surface area contributed by atoms with Crippen molar-refractivity contribution < 1.29 is 14.3 Å². The molecule has 4 rings (SSSR count). The van der Waals surface area contributed by atoms with Gasteiger partial charge in [0.05, 0.1) is 5.69 Å². The minimum atomic E-state index is -0.667. The van der Waals surface area contributed by atoms with E-state index in [2.05, 4.69) is 0 Å². The molecule has 0 aliphatic carbocycles. The molecular formula is C15H13ClN2O3. The number of carbonyl (C=O) groups excluding carboxylic acids is 1. The van der Waals surface area contributed by atoms with E-state index in [1.807, 2.05) is 36.4 Å². The summed E-state index contributed by atoms with van der Waals surface area (Å²) in [5, 5.41) is 0. The Balaban J connectivity index is 0.00000132. The zero-order valence-corrected chi connectivity index (χ0v) is 11.8. The molecular weight excluding hydrogens is 292 g/mol. The topological polar surface area (TPSA) is 64.8 Å². The van der Waals surface area contributed by atoms with Crippen LogP contribution in [0.4, 0.5) is 11.4 Å². The number of nitrogens with zero attached hydrogens (tertiary/aromatic N) is 1. The number of fused-ring (bicyclic) bond motifs is 2. The lowest BCUT2D eigenvalue weighted by Crippen LogP contribution is -2.27. The lowest BCUT2D eigenvalue weighted by atomic mass is 10.1. The minimum Gasteiger partial charge on any atom is -0.454 e. The molecule has 2 N–H and O–H groups in total. The Bertz CT molecular complexity index is 706. The summed E-state index contributed by atoms with van der Waals surface area (Å²) in [6.45, 7) is 0.201. The molecule has 0 saturated carbocycles. The molecule has 0 spiro atoms. The average molecular weight is 305 g/mol. The van der Waals surface area contributed by atoms with Crippen LogP contribution < -0.4 is 20.1 Å². The first kappa shape index (κ1) is 13.7. The van der Waals surface area contributed by atoms with Gasteiger partial charge in [-0.2, -0.15) is 0 Å². The molecule has 21 heavy (non-hydrogen) atoms. The van der Waals surface area contributed by atoms with Crippen LogP contribution in [0.5, 0.6) is 11.5 Å². The molecule has 2 aliphatic rings. The van der Waals surface area contributed by atoms with Crippen LogP contribution in [0.3, 0.4) is 0 Å². The number of anilines is 2. The van der Waals surface area contributed by atoms with E-state index in [0.29, 0.717) is 11.5 Å². The third kappa shape index (κ3) is 1.93. The van der Waals surface area contributed by atoms with Gasteiger partial charge < -0.3 is 15.2 Å². The summed E-state index contributed by atoms with van der Waals surface area (Å²) >= 11 is 0. The highest BCUT2D eigenvalue weighted by atomic mass is 35.5. The number of hydrogen-bond donors (Lipinski definition) is 1. The van der Waals surface area contributed by atoms with E-state index in [1.165, 1.54) is 0 Å². The Labute approximate surface area is 127 Å². The van der Waals surface area contributed by atoms with Crippen molar-refractivity contribution >= 4 is 29.7 Å². The maximum absolute atomic E-state index is 12.4. The van der Waals surface area contributed by atoms with Crippen LogP contribution in [-0.4, -0.2) is 12.7 Å². The smallest absolute Gasteiger partial charge is 0.253 e. The van der Waals surface area contributed by atoms with Crippen molar-refractivity contribution in [3.05, 3.63) is 48.0 Å². The zero-order chi connectivity index (χ0) is 13.7. The number of benzene rings is 2. The summed E-state index contributed by atoms with van der Waals surface area (Å²) in [5.41, 5.74) is 8.35.